The second-order valence-corrected chi connectivity index (χ2v) is 3.72. The first-order chi connectivity index (χ1) is 5.63. The molecule has 0 heterocycles. The number of hydrogen-bond donors (Lipinski definition) is 0. The molecular weight excluding hydrogens is 152 g/mol. The smallest absolute Gasteiger partial charge is 0.146 e. The van der Waals surface area contributed by atoms with Crippen LogP contribution in [0, 0.1) is 11.8 Å². The zero-order valence-corrected chi connectivity index (χ0v) is 7.80. The number of carbonyl (C=O) groups excluding carboxylic acids is 2. The molecule has 1 aliphatic carbocycles. The van der Waals surface area contributed by atoms with Crippen molar-refractivity contribution < 1.29 is 9.59 Å². The normalized spacial score (nSPS) is 20.8. The summed E-state index contributed by atoms with van der Waals surface area (Å²) in [5.41, 5.74) is 0. The molecule has 0 radical (unpaired) electrons. The van der Waals surface area contributed by atoms with Crippen LogP contribution in [0.5, 0.6) is 0 Å². The Kier molecular flexibility index (Phi) is 3.01. The summed E-state index contributed by atoms with van der Waals surface area (Å²) in [6.07, 6.45) is 4.30. The van der Waals surface area contributed by atoms with Crippen LogP contribution in [0.3, 0.4) is 0 Å². The fourth-order valence-corrected chi connectivity index (χ4v) is 1.76. The van der Waals surface area contributed by atoms with Gasteiger partial charge in [0.2, 0.25) is 0 Å². The van der Waals surface area contributed by atoms with Gasteiger partial charge in [-0.15, -0.1) is 0 Å². The molecule has 0 aromatic carbocycles. The Bertz CT molecular complexity index is 190. The van der Waals surface area contributed by atoms with Crippen molar-refractivity contribution in [3.8, 4) is 0 Å². The van der Waals surface area contributed by atoms with E-state index in [4.69, 9.17) is 0 Å². The summed E-state index contributed by atoms with van der Waals surface area (Å²) in [7, 11) is 0. The topological polar surface area (TPSA) is 34.1 Å². The van der Waals surface area contributed by atoms with E-state index in [9.17, 15) is 9.59 Å². The molecule has 2 nitrogen and oxygen atoms in total. The van der Waals surface area contributed by atoms with E-state index in [-0.39, 0.29) is 23.4 Å². The van der Waals surface area contributed by atoms with Crippen molar-refractivity contribution in [2.24, 2.45) is 11.8 Å². The average Bonchev–Trinajstić information content (AvgIpc) is 2.53. The van der Waals surface area contributed by atoms with E-state index in [2.05, 4.69) is 0 Å². The van der Waals surface area contributed by atoms with Gasteiger partial charge in [0.1, 0.15) is 11.6 Å². The third-order valence-corrected chi connectivity index (χ3v) is 2.79. The van der Waals surface area contributed by atoms with Crippen LogP contribution in [-0.2, 0) is 9.59 Å². The minimum absolute atomic E-state index is 0.00639. The molecule has 0 amide bonds. The molecular formula is C10H16O2. The molecule has 1 aliphatic rings. The maximum Gasteiger partial charge on any atom is 0.146 e. The summed E-state index contributed by atoms with van der Waals surface area (Å²) in [4.78, 5) is 22.5. The Balaban J connectivity index is 2.51. The minimum atomic E-state index is -0.368. The third kappa shape index (κ3) is 1.93. The molecule has 0 spiro atoms. The largest absolute Gasteiger partial charge is 0.299 e. The van der Waals surface area contributed by atoms with Crippen LogP contribution in [0.4, 0.5) is 0 Å². The highest BCUT2D eigenvalue weighted by molar-refractivity contribution is 6.01. The number of hydrogen-bond acceptors (Lipinski definition) is 2. The molecule has 1 saturated carbocycles. The molecule has 1 fully saturated rings. The van der Waals surface area contributed by atoms with Crippen molar-refractivity contribution in [2.75, 3.05) is 0 Å². The molecule has 0 aromatic heterocycles. The van der Waals surface area contributed by atoms with Gasteiger partial charge < -0.3 is 0 Å². The number of Topliss-reactive ketones (excluding diaryl/α,β-unsaturated/α-hetero) is 2. The van der Waals surface area contributed by atoms with Crippen LogP contribution in [0.25, 0.3) is 0 Å². The zero-order valence-electron chi connectivity index (χ0n) is 7.80. The lowest BCUT2D eigenvalue weighted by molar-refractivity contribution is -0.133. The van der Waals surface area contributed by atoms with Gasteiger partial charge in [-0.25, -0.2) is 0 Å². The van der Waals surface area contributed by atoms with Crippen LogP contribution in [-0.4, -0.2) is 11.6 Å². The quantitative estimate of drug-likeness (QED) is 0.604. The third-order valence-electron chi connectivity index (χ3n) is 2.79. The van der Waals surface area contributed by atoms with E-state index >= 15 is 0 Å². The van der Waals surface area contributed by atoms with Crippen molar-refractivity contribution in [2.45, 2.75) is 39.5 Å². The lowest BCUT2D eigenvalue weighted by atomic mass is 9.90. The fraction of sp³-hybridized carbons (Fsp3) is 0.800. The van der Waals surface area contributed by atoms with Gasteiger partial charge in [-0.2, -0.15) is 0 Å². The standard InChI is InChI=1S/C10H16O2/c1-7(8(2)11)10(12)9-5-3-4-6-9/h7,9H,3-6H2,1-2H3. The molecule has 0 aliphatic heterocycles. The summed E-state index contributed by atoms with van der Waals surface area (Å²) in [5.74, 6) is -0.0103. The van der Waals surface area contributed by atoms with E-state index in [1.807, 2.05) is 0 Å². The molecule has 0 bridgehead atoms. The van der Waals surface area contributed by atoms with Crippen LogP contribution in [0.1, 0.15) is 39.5 Å². The lowest BCUT2D eigenvalue weighted by Crippen LogP contribution is -2.24. The van der Waals surface area contributed by atoms with Crippen molar-refractivity contribution >= 4 is 11.6 Å². The second kappa shape index (κ2) is 3.83. The summed E-state index contributed by atoms with van der Waals surface area (Å²) in [6.45, 7) is 3.22. The van der Waals surface area contributed by atoms with Crippen LogP contribution < -0.4 is 0 Å². The zero-order chi connectivity index (χ0) is 9.14. The minimum Gasteiger partial charge on any atom is -0.299 e. The van der Waals surface area contributed by atoms with Gasteiger partial charge in [-0.1, -0.05) is 12.8 Å². The Hall–Kier alpha value is -0.660. The van der Waals surface area contributed by atoms with Crippen LogP contribution in [0.15, 0.2) is 0 Å². The molecule has 68 valence electrons. The predicted molar refractivity (Wildman–Crippen MR) is 46.8 cm³/mol. The predicted octanol–water partition coefficient (Wildman–Crippen LogP) is 1.97. The monoisotopic (exact) mass is 168 g/mol. The van der Waals surface area contributed by atoms with Gasteiger partial charge >= 0.3 is 0 Å². The van der Waals surface area contributed by atoms with E-state index in [0.29, 0.717) is 0 Å². The first-order valence-corrected chi connectivity index (χ1v) is 4.67. The molecule has 1 unspecified atom stereocenters. The molecule has 0 aromatic rings. The maximum atomic E-state index is 11.6. The Morgan fingerprint density at radius 3 is 2.17 bits per heavy atom. The van der Waals surface area contributed by atoms with E-state index < -0.39 is 0 Å². The van der Waals surface area contributed by atoms with Crippen molar-refractivity contribution in [3.63, 3.8) is 0 Å². The van der Waals surface area contributed by atoms with E-state index in [1.165, 1.54) is 6.92 Å². The first kappa shape index (κ1) is 9.43. The highest BCUT2D eigenvalue weighted by Gasteiger charge is 2.28. The summed E-state index contributed by atoms with van der Waals surface area (Å²) < 4.78 is 0. The Labute approximate surface area is 73.3 Å². The van der Waals surface area contributed by atoms with E-state index in [0.717, 1.165) is 25.7 Å². The van der Waals surface area contributed by atoms with Gasteiger partial charge in [0.25, 0.3) is 0 Å². The van der Waals surface area contributed by atoms with Crippen molar-refractivity contribution in [3.05, 3.63) is 0 Å². The summed E-state index contributed by atoms with van der Waals surface area (Å²) in [5, 5.41) is 0. The molecule has 1 rings (SSSR count). The maximum absolute atomic E-state index is 11.6. The number of rotatable bonds is 3. The fourth-order valence-electron chi connectivity index (χ4n) is 1.76. The van der Waals surface area contributed by atoms with Gasteiger partial charge in [0.05, 0.1) is 5.92 Å². The highest BCUT2D eigenvalue weighted by atomic mass is 16.1. The molecule has 2 heteroatoms. The molecule has 0 N–H and O–H groups in total. The van der Waals surface area contributed by atoms with Gasteiger partial charge in [0.15, 0.2) is 0 Å². The average molecular weight is 168 g/mol. The SMILES string of the molecule is CC(=O)C(C)C(=O)C1CCCC1. The summed E-state index contributed by atoms with van der Waals surface area (Å²) in [6, 6.07) is 0. The van der Waals surface area contributed by atoms with Gasteiger partial charge in [0, 0.05) is 5.92 Å². The molecule has 1 atom stereocenters. The number of ketones is 2. The second-order valence-electron chi connectivity index (χ2n) is 3.72. The summed E-state index contributed by atoms with van der Waals surface area (Å²) >= 11 is 0. The highest BCUT2D eigenvalue weighted by Crippen LogP contribution is 2.27. The Morgan fingerprint density at radius 2 is 1.75 bits per heavy atom. The van der Waals surface area contributed by atoms with Gasteiger partial charge in [-0.3, -0.25) is 9.59 Å². The molecule has 0 saturated heterocycles. The number of carbonyl (C=O) groups is 2. The molecule has 12 heavy (non-hydrogen) atoms. The Morgan fingerprint density at radius 1 is 1.25 bits per heavy atom. The van der Waals surface area contributed by atoms with Crippen LogP contribution in [0.2, 0.25) is 0 Å². The lowest BCUT2D eigenvalue weighted by Gasteiger charge is -2.11. The van der Waals surface area contributed by atoms with Crippen molar-refractivity contribution in [1.82, 2.24) is 0 Å². The van der Waals surface area contributed by atoms with Crippen molar-refractivity contribution in [1.29, 1.82) is 0 Å². The van der Waals surface area contributed by atoms with Gasteiger partial charge in [-0.05, 0) is 26.7 Å². The van der Waals surface area contributed by atoms with E-state index in [1.54, 1.807) is 6.92 Å². The van der Waals surface area contributed by atoms with Crippen LogP contribution >= 0.6 is 0 Å². The first-order valence-electron chi connectivity index (χ1n) is 4.67.